The van der Waals surface area contributed by atoms with Gasteiger partial charge < -0.3 is 10.6 Å². The Balaban J connectivity index is 2.20. The molecule has 6 heteroatoms. The molecule has 0 spiro atoms. The first-order chi connectivity index (χ1) is 8.69. The average Bonchev–Trinajstić information content (AvgIpc) is 2.34. The zero-order chi connectivity index (χ0) is 13.0. The summed E-state index contributed by atoms with van der Waals surface area (Å²) in [4.78, 5) is 8.50. The second-order valence-electron chi connectivity index (χ2n) is 3.57. The van der Waals surface area contributed by atoms with E-state index in [1.165, 1.54) is 0 Å². The molecule has 0 atom stereocenters. The molecule has 0 saturated carbocycles. The van der Waals surface area contributed by atoms with E-state index in [2.05, 4.69) is 36.5 Å². The van der Waals surface area contributed by atoms with Gasteiger partial charge in [0.05, 0.1) is 18.1 Å². The van der Waals surface area contributed by atoms with Gasteiger partial charge in [-0.2, -0.15) is 0 Å². The molecule has 0 bridgehead atoms. The molecule has 1 aromatic carbocycles. The Bertz CT molecular complexity index is 547. The molecule has 0 aliphatic heterocycles. The first kappa shape index (κ1) is 13.1. The van der Waals surface area contributed by atoms with Crippen LogP contribution in [-0.2, 0) is 0 Å². The van der Waals surface area contributed by atoms with Gasteiger partial charge in [-0.25, -0.2) is 4.98 Å². The molecule has 0 fully saturated rings. The highest BCUT2D eigenvalue weighted by Crippen LogP contribution is 2.28. The van der Waals surface area contributed by atoms with Gasteiger partial charge >= 0.3 is 0 Å². The van der Waals surface area contributed by atoms with Gasteiger partial charge in [-0.15, -0.1) is 0 Å². The summed E-state index contributed by atoms with van der Waals surface area (Å²) in [5, 5.41) is 6.97. The predicted octanol–water partition coefficient (Wildman–Crippen LogP) is 4.07. The summed E-state index contributed by atoms with van der Waals surface area (Å²) in [7, 11) is 0. The summed E-state index contributed by atoms with van der Waals surface area (Å²) in [5.74, 6) is 1.42. The van der Waals surface area contributed by atoms with Crippen LogP contribution in [0.1, 0.15) is 6.92 Å². The molecule has 0 aliphatic rings. The highest BCUT2D eigenvalue weighted by Gasteiger charge is 2.03. The van der Waals surface area contributed by atoms with Crippen LogP contribution in [-0.4, -0.2) is 16.5 Å². The molecule has 0 aliphatic carbocycles. The van der Waals surface area contributed by atoms with Crippen molar-refractivity contribution in [3.8, 4) is 0 Å². The number of halogens is 2. The van der Waals surface area contributed by atoms with Crippen LogP contribution < -0.4 is 10.6 Å². The molecule has 0 saturated heterocycles. The molecular weight excluding hydrogens is 316 g/mol. The van der Waals surface area contributed by atoms with Gasteiger partial charge in [0.15, 0.2) is 5.82 Å². The van der Waals surface area contributed by atoms with E-state index >= 15 is 0 Å². The number of aromatic nitrogens is 2. The maximum atomic E-state index is 5.89. The third kappa shape index (κ3) is 3.34. The molecule has 2 N–H and O–H groups in total. The van der Waals surface area contributed by atoms with Gasteiger partial charge in [-0.05, 0) is 41.1 Å². The minimum absolute atomic E-state index is 0.677. The average molecular weight is 328 g/mol. The maximum absolute atomic E-state index is 5.89. The maximum Gasteiger partial charge on any atom is 0.151 e. The fraction of sp³-hybridized carbons (Fsp3) is 0.167. The van der Waals surface area contributed by atoms with Gasteiger partial charge in [0, 0.05) is 16.0 Å². The van der Waals surface area contributed by atoms with Crippen molar-refractivity contribution in [1.29, 1.82) is 0 Å². The summed E-state index contributed by atoms with van der Waals surface area (Å²) in [6, 6.07) is 5.52. The van der Waals surface area contributed by atoms with Crippen molar-refractivity contribution in [2.24, 2.45) is 0 Å². The number of hydrogen-bond donors (Lipinski definition) is 2. The van der Waals surface area contributed by atoms with Crippen molar-refractivity contribution in [2.75, 3.05) is 17.2 Å². The lowest BCUT2D eigenvalue weighted by Gasteiger charge is -2.09. The lowest BCUT2D eigenvalue weighted by Crippen LogP contribution is -2.02. The van der Waals surface area contributed by atoms with E-state index in [9.17, 15) is 0 Å². The third-order valence-electron chi connectivity index (χ3n) is 2.19. The zero-order valence-electron chi connectivity index (χ0n) is 9.74. The number of hydrogen-bond acceptors (Lipinski definition) is 4. The first-order valence-electron chi connectivity index (χ1n) is 5.47. The van der Waals surface area contributed by atoms with Crippen molar-refractivity contribution in [3.05, 3.63) is 40.1 Å². The van der Waals surface area contributed by atoms with Crippen LogP contribution in [0.4, 0.5) is 17.3 Å². The summed E-state index contributed by atoms with van der Waals surface area (Å²) in [6.45, 7) is 2.82. The van der Waals surface area contributed by atoms with Crippen LogP contribution in [0.2, 0.25) is 5.02 Å². The van der Waals surface area contributed by atoms with Crippen molar-refractivity contribution in [1.82, 2.24) is 9.97 Å². The van der Waals surface area contributed by atoms with Crippen LogP contribution >= 0.6 is 27.5 Å². The molecule has 94 valence electrons. The Kier molecular flexibility index (Phi) is 4.38. The SMILES string of the molecule is CCNc1cncc(Nc2ccc(Cl)cc2Br)n1. The Morgan fingerprint density at radius 1 is 1.28 bits per heavy atom. The first-order valence-corrected chi connectivity index (χ1v) is 6.64. The molecular formula is C12H12BrClN4. The van der Waals surface area contributed by atoms with E-state index in [1.807, 2.05) is 25.1 Å². The van der Waals surface area contributed by atoms with Gasteiger partial charge in [0.1, 0.15) is 5.82 Å². The molecule has 0 radical (unpaired) electrons. The topological polar surface area (TPSA) is 49.8 Å². The molecule has 4 nitrogen and oxygen atoms in total. The lowest BCUT2D eigenvalue weighted by atomic mass is 10.3. The molecule has 2 aromatic rings. The summed E-state index contributed by atoms with van der Waals surface area (Å²) in [6.07, 6.45) is 3.35. The standard InChI is InChI=1S/C12H12BrClN4/c1-2-16-11-6-15-7-12(18-11)17-10-4-3-8(14)5-9(10)13/h3-7H,2H2,1H3,(H2,16,17,18). The predicted molar refractivity (Wildman–Crippen MR) is 78.6 cm³/mol. The summed E-state index contributed by atoms with van der Waals surface area (Å²) >= 11 is 9.33. The fourth-order valence-electron chi connectivity index (χ4n) is 1.42. The lowest BCUT2D eigenvalue weighted by molar-refractivity contribution is 1.12. The molecule has 1 aromatic heterocycles. The Labute approximate surface area is 119 Å². The number of rotatable bonds is 4. The summed E-state index contributed by atoms with van der Waals surface area (Å²) in [5.41, 5.74) is 0.891. The van der Waals surface area contributed by atoms with Crippen molar-refractivity contribution < 1.29 is 0 Å². The minimum Gasteiger partial charge on any atom is -0.369 e. The van der Waals surface area contributed by atoms with Crippen molar-refractivity contribution in [2.45, 2.75) is 6.92 Å². The molecule has 1 heterocycles. The molecule has 0 unspecified atom stereocenters. The number of nitrogens with one attached hydrogen (secondary N) is 2. The quantitative estimate of drug-likeness (QED) is 0.889. The Morgan fingerprint density at radius 3 is 2.78 bits per heavy atom. The fourth-order valence-corrected chi connectivity index (χ4v) is 2.20. The number of anilines is 3. The Morgan fingerprint density at radius 2 is 2.06 bits per heavy atom. The highest BCUT2D eigenvalue weighted by atomic mass is 79.9. The van der Waals surface area contributed by atoms with E-state index in [1.54, 1.807) is 12.4 Å². The van der Waals surface area contributed by atoms with Crippen LogP contribution in [0.5, 0.6) is 0 Å². The second-order valence-corrected chi connectivity index (χ2v) is 4.86. The van der Waals surface area contributed by atoms with Crippen molar-refractivity contribution in [3.63, 3.8) is 0 Å². The van der Waals surface area contributed by atoms with E-state index in [0.717, 1.165) is 22.5 Å². The minimum atomic E-state index is 0.677. The van der Waals surface area contributed by atoms with Gasteiger partial charge in [0.25, 0.3) is 0 Å². The van der Waals surface area contributed by atoms with E-state index in [0.29, 0.717) is 10.8 Å². The second kappa shape index (κ2) is 6.02. The summed E-state index contributed by atoms with van der Waals surface area (Å²) < 4.78 is 0.880. The highest BCUT2D eigenvalue weighted by molar-refractivity contribution is 9.10. The van der Waals surface area contributed by atoms with E-state index in [-0.39, 0.29) is 0 Å². The Hall–Kier alpha value is -1.33. The van der Waals surface area contributed by atoms with E-state index < -0.39 is 0 Å². The number of nitrogens with zero attached hydrogens (tertiary/aromatic N) is 2. The normalized spacial score (nSPS) is 10.2. The molecule has 2 rings (SSSR count). The zero-order valence-corrected chi connectivity index (χ0v) is 12.1. The van der Waals surface area contributed by atoms with Crippen LogP contribution in [0.25, 0.3) is 0 Å². The third-order valence-corrected chi connectivity index (χ3v) is 3.08. The van der Waals surface area contributed by atoms with Gasteiger partial charge in [0.2, 0.25) is 0 Å². The molecule has 18 heavy (non-hydrogen) atoms. The number of benzene rings is 1. The van der Waals surface area contributed by atoms with E-state index in [4.69, 9.17) is 11.6 Å². The monoisotopic (exact) mass is 326 g/mol. The van der Waals surface area contributed by atoms with Gasteiger partial charge in [-0.3, -0.25) is 4.98 Å². The van der Waals surface area contributed by atoms with Crippen LogP contribution in [0.15, 0.2) is 35.1 Å². The largest absolute Gasteiger partial charge is 0.369 e. The smallest absolute Gasteiger partial charge is 0.151 e. The van der Waals surface area contributed by atoms with Crippen LogP contribution in [0, 0.1) is 0 Å². The van der Waals surface area contributed by atoms with Crippen LogP contribution in [0.3, 0.4) is 0 Å². The van der Waals surface area contributed by atoms with Gasteiger partial charge in [-0.1, -0.05) is 11.6 Å². The molecule has 0 amide bonds. The van der Waals surface area contributed by atoms with Crippen molar-refractivity contribution >= 4 is 44.9 Å².